The number of carbonyl (C=O) groups excluding carboxylic acids is 1. The summed E-state index contributed by atoms with van der Waals surface area (Å²) in [6.07, 6.45) is 1.02. The third kappa shape index (κ3) is 7.33. The van der Waals surface area contributed by atoms with Crippen LogP contribution in [0.5, 0.6) is 0 Å². The van der Waals surface area contributed by atoms with Crippen LogP contribution in [0, 0.1) is 5.92 Å². The lowest BCUT2D eigenvalue weighted by Gasteiger charge is -2.08. The second-order valence-electron chi connectivity index (χ2n) is 2.57. The molecule has 1 atom stereocenters. The maximum Gasteiger partial charge on any atom is 0.417 e. The van der Waals surface area contributed by atoms with E-state index in [4.69, 9.17) is 4.74 Å². The van der Waals surface area contributed by atoms with E-state index in [2.05, 4.69) is 11.7 Å². The van der Waals surface area contributed by atoms with Gasteiger partial charge in [-0.2, -0.15) is 0 Å². The number of rotatable bonds is 7. The minimum Gasteiger partial charge on any atom is -0.457 e. The molecule has 1 unspecified atom stereocenters. The van der Waals surface area contributed by atoms with E-state index in [9.17, 15) is 4.79 Å². The molecular weight excluding hydrogens is 144 g/mol. The quantitative estimate of drug-likeness (QED) is 0.522. The minimum absolute atomic E-state index is 0.267. The molecule has 0 rings (SSSR count). The van der Waals surface area contributed by atoms with E-state index in [1.807, 2.05) is 6.92 Å². The Balaban J connectivity index is 3.08. The number of ether oxygens (including phenoxy) is 2. The van der Waals surface area contributed by atoms with Crippen LogP contribution in [0.2, 0.25) is 0 Å². The first-order valence-electron chi connectivity index (χ1n) is 3.88. The van der Waals surface area contributed by atoms with Crippen molar-refractivity contribution >= 4 is 6.47 Å². The Morgan fingerprint density at radius 3 is 2.73 bits per heavy atom. The molecule has 0 aromatic carbocycles. The van der Waals surface area contributed by atoms with E-state index in [0.29, 0.717) is 13.2 Å². The first-order chi connectivity index (χ1) is 5.31. The molecule has 65 valence electrons. The molecule has 0 aromatic heterocycles. The van der Waals surface area contributed by atoms with Crippen LogP contribution in [-0.2, 0) is 14.3 Å². The van der Waals surface area contributed by atoms with E-state index in [1.54, 1.807) is 0 Å². The SMILES string of the molecule is CCCOCC(C)CO[C]=O. The van der Waals surface area contributed by atoms with Crippen molar-refractivity contribution in [3.63, 3.8) is 0 Å². The Kier molecular flexibility index (Phi) is 7.15. The van der Waals surface area contributed by atoms with Crippen molar-refractivity contribution in [1.29, 1.82) is 0 Å². The third-order valence-electron chi connectivity index (χ3n) is 1.18. The molecule has 3 nitrogen and oxygen atoms in total. The number of hydrogen-bond donors (Lipinski definition) is 0. The summed E-state index contributed by atoms with van der Waals surface area (Å²) in [6.45, 7) is 7.22. The van der Waals surface area contributed by atoms with E-state index >= 15 is 0 Å². The van der Waals surface area contributed by atoms with Gasteiger partial charge in [0.1, 0.15) is 0 Å². The molecule has 0 spiro atoms. The van der Waals surface area contributed by atoms with Gasteiger partial charge in [0, 0.05) is 12.5 Å². The number of hydrogen-bond acceptors (Lipinski definition) is 3. The maximum absolute atomic E-state index is 9.65. The zero-order valence-corrected chi connectivity index (χ0v) is 7.13. The van der Waals surface area contributed by atoms with Crippen LogP contribution in [0.4, 0.5) is 0 Å². The molecule has 0 fully saturated rings. The summed E-state index contributed by atoms with van der Waals surface area (Å²) in [7, 11) is 0. The second kappa shape index (κ2) is 7.54. The highest BCUT2D eigenvalue weighted by atomic mass is 16.5. The molecule has 11 heavy (non-hydrogen) atoms. The zero-order valence-electron chi connectivity index (χ0n) is 7.13. The molecule has 0 saturated heterocycles. The fraction of sp³-hybridized carbons (Fsp3) is 0.875. The molecule has 1 radical (unpaired) electrons. The van der Waals surface area contributed by atoms with Gasteiger partial charge < -0.3 is 9.47 Å². The second-order valence-corrected chi connectivity index (χ2v) is 2.57. The van der Waals surface area contributed by atoms with E-state index in [0.717, 1.165) is 13.0 Å². The fourth-order valence-electron chi connectivity index (χ4n) is 0.653. The van der Waals surface area contributed by atoms with Gasteiger partial charge in [0.2, 0.25) is 0 Å². The van der Waals surface area contributed by atoms with Crippen molar-refractivity contribution in [2.24, 2.45) is 5.92 Å². The van der Waals surface area contributed by atoms with Crippen LogP contribution in [0.1, 0.15) is 20.3 Å². The van der Waals surface area contributed by atoms with Gasteiger partial charge in [0.05, 0.1) is 13.2 Å². The van der Waals surface area contributed by atoms with Crippen molar-refractivity contribution in [3.05, 3.63) is 0 Å². The molecule has 0 aromatic rings. The topological polar surface area (TPSA) is 35.5 Å². The standard InChI is InChI=1S/C8H15O3/c1-3-4-10-5-8(2)6-11-7-9/h8H,3-6H2,1-2H3. The van der Waals surface area contributed by atoms with E-state index < -0.39 is 0 Å². The molecule has 0 amide bonds. The van der Waals surface area contributed by atoms with E-state index in [1.165, 1.54) is 6.47 Å². The van der Waals surface area contributed by atoms with Crippen molar-refractivity contribution in [1.82, 2.24) is 0 Å². The Bertz CT molecular complexity index is 93.3. The van der Waals surface area contributed by atoms with Crippen molar-refractivity contribution in [2.45, 2.75) is 20.3 Å². The van der Waals surface area contributed by atoms with Crippen LogP contribution in [0.3, 0.4) is 0 Å². The minimum atomic E-state index is 0.267. The summed E-state index contributed by atoms with van der Waals surface area (Å²) in [5.74, 6) is 0.267. The predicted octanol–water partition coefficient (Wildman–Crippen LogP) is 1.13. The highest BCUT2D eigenvalue weighted by Crippen LogP contribution is 1.96. The normalized spacial score (nSPS) is 12.5. The molecule has 3 heteroatoms. The van der Waals surface area contributed by atoms with Crippen LogP contribution in [0.25, 0.3) is 0 Å². The summed E-state index contributed by atoms with van der Waals surface area (Å²) in [6, 6.07) is 0. The maximum atomic E-state index is 9.65. The van der Waals surface area contributed by atoms with Crippen LogP contribution >= 0.6 is 0 Å². The largest absolute Gasteiger partial charge is 0.457 e. The average molecular weight is 159 g/mol. The highest BCUT2D eigenvalue weighted by Gasteiger charge is 2.01. The molecule has 0 saturated carbocycles. The summed E-state index contributed by atoms with van der Waals surface area (Å²) in [4.78, 5) is 9.65. The van der Waals surface area contributed by atoms with Gasteiger partial charge in [-0.3, -0.25) is 0 Å². The zero-order chi connectivity index (χ0) is 8.53. The summed E-state index contributed by atoms with van der Waals surface area (Å²) in [5.41, 5.74) is 0. The van der Waals surface area contributed by atoms with Crippen LogP contribution < -0.4 is 0 Å². The van der Waals surface area contributed by atoms with Crippen LogP contribution in [0.15, 0.2) is 0 Å². The molecule has 0 heterocycles. The monoisotopic (exact) mass is 159 g/mol. The lowest BCUT2D eigenvalue weighted by molar-refractivity contribution is 0.0821. The fourth-order valence-corrected chi connectivity index (χ4v) is 0.653. The highest BCUT2D eigenvalue weighted by molar-refractivity contribution is 5.38. The first-order valence-corrected chi connectivity index (χ1v) is 3.88. The smallest absolute Gasteiger partial charge is 0.417 e. The van der Waals surface area contributed by atoms with Gasteiger partial charge in [-0.1, -0.05) is 13.8 Å². The third-order valence-corrected chi connectivity index (χ3v) is 1.18. The summed E-state index contributed by atoms with van der Waals surface area (Å²) >= 11 is 0. The van der Waals surface area contributed by atoms with Gasteiger partial charge in [0.25, 0.3) is 0 Å². The Morgan fingerprint density at radius 2 is 2.18 bits per heavy atom. The average Bonchev–Trinajstić information content (AvgIpc) is 2.01. The first kappa shape index (κ1) is 10.4. The molecule has 0 N–H and O–H groups in total. The summed E-state index contributed by atoms with van der Waals surface area (Å²) in [5, 5.41) is 0. The van der Waals surface area contributed by atoms with Gasteiger partial charge in [-0.25, -0.2) is 4.79 Å². The lowest BCUT2D eigenvalue weighted by atomic mass is 10.2. The molecule has 0 aliphatic rings. The molecular formula is C8H15O3. The Morgan fingerprint density at radius 1 is 1.45 bits per heavy atom. The summed E-state index contributed by atoms with van der Waals surface area (Å²) < 4.78 is 9.67. The van der Waals surface area contributed by atoms with E-state index in [-0.39, 0.29) is 5.92 Å². The lowest BCUT2D eigenvalue weighted by Crippen LogP contribution is -2.12. The van der Waals surface area contributed by atoms with Gasteiger partial charge in [-0.05, 0) is 6.42 Å². The van der Waals surface area contributed by atoms with Gasteiger partial charge >= 0.3 is 6.47 Å². The Hall–Kier alpha value is -0.570. The van der Waals surface area contributed by atoms with Gasteiger partial charge in [0.15, 0.2) is 0 Å². The van der Waals surface area contributed by atoms with Crippen molar-refractivity contribution in [3.8, 4) is 0 Å². The molecule has 0 bridgehead atoms. The predicted molar refractivity (Wildman–Crippen MR) is 41.9 cm³/mol. The van der Waals surface area contributed by atoms with Gasteiger partial charge in [-0.15, -0.1) is 0 Å². The molecule has 0 aliphatic heterocycles. The van der Waals surface area contributed by atoms with Crippen molar-refractivity contribution < 1.29 is 14.3 Å². The molecule has 0 aliphatic carbocycles. The Labute approximate surface area is 67.7 Å². The van der Waals surface area contributed by atoms with Crippen molar-refractivity contribution in [2.75, 3.05) is 19.8 Å². The van der Waals surface area contributed by atoms with Crippen LogP contribution in [-0.4, -0.2) is 26.3 Å².